The summed E-state index contributed by atoms with van der Waals surface area (Å²) in [6.07, 6.45) is 8.11. The number of anilines is 1. The molecule has 4 heteroatoms. The second-order valence-corrected chi connectivity index (χ2v) is 6.65. The van der Waals surface area contributed by atoms with Crippen LogP contribution in [0.15, 0.2) is 18.2 Å². The van der Waals surface area contributed by atoms with Crippen molar-refractivity contribution in [1.29, 1.82) is 0 Å². The number of H-pyrrole nitrogens is 1. The second-order valence-electron chi connectivity index (χ2n) is 6.65. The van der Waals surface area contributed by atoms with Crippen LogP contribution in [0.4, 0.5) is 5.69 Å². The topological polar surface area (TPSA) is 57.9 Å². The minimum Gasteiger partial charge on any atom is -0.399 e. The third-order valence-corrected chi connectivity index (χ3v) is 5.30. The number of nitrogens with one attached hydrogen (secondary N) is 1. The van der Waals surface area contributed by atoms with Crippen LogP contribution in [0, 0.1) is 5.92 Å². The summed E-state index contributed by atoms with van der Waals surface area (Å²) >= 11 is 0. The summed E-state index contributed by atoms with van der Waals surface area (Å²) in [4.78, 5) is 10.8. The van der Waals surface area contributed by atoms with Gasteiger partial charge in [-0.25, -0.2) is 4.98 Å². The number of benzene rings is 1. The van der Waals surface area contributed by atoms with Gasteiger partial charge in [-0.15, -0.1) is 0 Å². The van der Waals surface area contributed by atoms with Crippen LogP contribution < -0.4 is 5.73 Å². The number of nitrogens with zero attached hydrogens (tertiary/aromatic N) is 2. The van der Waals surface area contributed by atoms with Crippen molar-refractivity contribution in [2.24, 2.45) is 5.92 Å². The highest BCUT2D eigenvalue weighted by Gasteiger charge is 2.34. The molecule has 1 saturated heterocycles. The van der Waals surface area contributed by atoms with Gasteiger partial charge in [0.05, 0.1) is 11.0 Å². The van der Waals surface area contributed by atoms with Crippen LogP contribution in [0.25, 0.3) is 11.0 Å². The minimum atomic E-state index is 0.794. The number of likely N-dealkylation sites (tertiary alicyclic amines) is 1. The van der Waals surface area contributed by atoms with Crippen LogP contribution in [-0.2, 0) is 6.42 Å². The molecule has 2 heterocycles. The molecule has 2 aliphatic rings. The Morgan fingerprint density at radius 1 is 1.24 bits per heavy atom. The number of hydrogen-bond donors (Lipinski definition) is 2. The van der Waals surface area contributed by atoms with Gasteiger partial charge in [-0.2, -0.15) is 0 Å². The number of piperidine rings is 1. The monoisotopic (exact) mass is 284 g/mol. The highest BCUT2D eigenvalue weighted by atomic mass is 15.2. The van der Waals surface area contributed by atoms with Crippen molar-refractivity contribution in [3.63, 3.8) is 0 Å². The lowest BCUT2D eigenvalue weighted by Gasteiger charge is -2.37. The molecule has 2 aromatic rings. The molecule has 4 nitrogen and oxygen atoms in total. The Balaban J connectivity index is 1.45. The fraction of sp³-hybridized carbons (Fsp3) is 0.588. The number of imidazole rings is 1. The third-order valence-electron chi connectivity index (χ3n) is 5.30. The molecule has 2 atom stereocenters. The Morgan fingerprint density at radius 2 is 2.14 bits per heavy atom. The van der Waals surface area contributed by atoms with Gasteiger partial charge >= 0.3 is 0 Å². The van der Waals surface area contributed by atoms with Crippen LogP contribution >= 0.6 is 0 Å². The maximum atomic E-state index is 5.83. The first kappa shape index (κ1) is 13.1. The maximum absolute atomic E-state index is 5.83. The van der Waals surface area contributed by atoms with Gasteiger partial charge in [-0.05, 0) is 56.3 Å². The van der Waals surface area contributed by atoms with Crippen molar-refractivity contribution in [2.45, 2.75) is 44.6 Å². The van der Waals surface area contributed by atoms with Crippen molar-refractivity contribution < 1.29 is 0 Å². The molecule has 0 amide bonds. The summed E-state index contributed by atoms with van der Waals surface area (Å²) in [6.45, 7) is 2.41. The zero-order valence-corrected chi connectivity index (χ0v) is 12.5. The first-order valence-corrected chi connectivity index (χ1v) is 8.28. The fourth-order valence-electron chi connectivity index (χ4n) is 4.28. The number of aromatic nitrogens is 2. The number of rotatable bonds is 3. The average molecular weight is 284 g/mol. The second kappa shape index (κ2) is 5.34. The Hall–Kier alpha value is -1.55. The fourth-order valence-corrected chi connectivity index (χ4v) is 4.28. The molecule has 1 aromatic heterocycles. The number of aromatic amines is 1. The van der Waals surface area contributed by atoms with Crippen LogP contribution in [0.5, 0.6) is 0 Å². The molecule has 0 spiro atoms. The Morgan fingerprint density at radius 3 is 3.10 bits per heavy atom. The van der Waals surface area contributed by atoms with Gasteiger partial charge < -0.3 is 10.7 Å². The van der Waals surface area contributed by atoms with Crippen molar-refractivity contribution in [2.75, 3.05) is 18.8 Å². The first-order chi connectivity index (χ1) is 10.3. The summed E-state index contributed by atoms with van der Waals surface area (Å²) < 4.78 is 0. The van der Waals surface area contributed by atoms with E-state index in [1.807, 2.05) is 18.2 Å². The van der Waals surface area contributed by atoms with E-state index in [4.69, 9.17) is 5.73 Å². The van der Waals surface area contributed by atoms with E-state index >= 15 is 0 Å². The van der Waals surface area contributed by atoms with Gasteiger partial charge in [-0.3, -0.25) is 4.90 Å². The van der Waals surface area contributed by atoms with Gasteiger partial charge in [0.25, 0.3) is 0 Å². The van der Waals surface area contributed by atoms with Crippen molar-refractivity contribution >= 4 is 16.7 Å². The SMILES string of the molecule is Nc1ccc2nc(CCN3CCCC4CCCC43)[nH]c2c1. The Kier molecular flexibility index (Phi) is 3.34. The molecule has 1 aromatic carbocycles. The largest absolute Gasteiger partial charge is 0.399 e. The van der Waals surface area contributed by atoms with Crippen LogP contribution in [-0.4, -0.2) is 34.0 Å². The van der Waals surface area contributed by atoms with Gasteiger partial charge in [0.15, 0.2) is 0 Å². The molecule has 3 N–H and O–H groups in total. The lowest BCUT2D eigenvalue weighted by Crippen LogP contribution is -2.43. The Labute approximate surface area is 125 Å². The number of fused-ring (bicyclic) bond motifs is 2. The summed E-state index contributed by atoms with van der Waals surface area (Å²) in [6, 6.07) is 6.73. The van der Waals surface area contributed by atoms with Crippen molar-refractivity contribution in [1.82, 2.24) is 14.9 Å². The number of hydrogen-bond acceptors (Lipinski definition) is 3. The lowest BCUT2D eigenvalue weighted by atomic mass is 9.92. The van der Waals surface area contributed by atoms with Gasteiger partial charge in [0.2, 0.25) is 0 Å². The van der Waals surface area contributed by atoms with E-state index in [1.54, 1.807) is 0 Å². The molecule has 0 bridgehead atoms. The zero-order valence-electron chi connectivity index (χ0n) is 12.5. The molecular formula is C17H24N4. The normalized spacial score (nSPS) is 26.3. The quantitative estimate of drug-likeness (QED) is 0.852. The summed E-state index contributed by atoms with van der Waals surface area (Å²) in [5.41, 5.74) is 8.70. The lowest BCUT2D eigenvalue weighted by molar-refractivity contribution is 0.114. The smallest absolute Gasteiger partial charge is 0.108 e. The molecular weight excluding hydrogens is 260 g/mol. The highest BCUT2D eigenvalue weighted by Crippen LogP contribution is 2.36. The molecule has 112 valence electrons. The molecule has 4 rings (SSSR count). The molecule has 21 heavy (non-hydrogen) atoms. The van der Waals surface area contributed by atoms with Crippen LogP contribution in [0.1, 0.15) is 37.9 Å². The number of nitrogen functional groups attached to an aromatic ring is 1. The van der Waals surface area contributed by atoms with E-state index in [9.17, 15) is 0 Å². The van der Waals surface area contributed by atoms with Crippen molar-refractivity contribution in [3.8, 4) is 0 Å². The molecule has 1 aliphatic heterocycles. The maximum Gasteiger partial charge on any atom is 0.108 e. The van der Waals surface area contributed by atoms with E-state index in [-0.39, 0.29) is 0 Å². The van der Waals surface area contributed by atoms with Crippen LogP contribution in [0.3, 0.4) is 0 Å². The van der Waals surface area contributed by atoms with Gasteiger partial charge in [0, 0.05) is 24.7 Å². The third kappa shape index (κ3) is 2.53. The van der Waals surface area contributed by atoms with E-state index in [0.29, 0.717) is 0 Å². The molecule has 1 saturated carbocycles. The van der Waals surface area contributed by atoms with Gasteiger partial charge in [0.1, 0.15) is 5.82 Å². The van der Waals surface area contributed by atoms with Gasteiger partial charge in [-0.1, -0.05) is 6.42 Å². The van der Waals surface area contributed by atoms with Crippen LogP contribution in [0.2, 0.25) is 0 Å². The molecule has 2 fully saturated rings. The molecule has 1 aliphatic carbocycles. The number of nitrogens with two attached hydrogens (primary N) is 1. The average Bonchev–Trinajstić information content (AvgIpc) is 3.10. The zero-order chi connectivity index (χ0) is 14.2. The first-order valence-electron chi connectivity index (χ1n) is 8.28. The van der Waals surface area contributed by atoms with E-state index < -0.39 is 0 Å². The Bertz CT molecular complexity index is 633. The van der Waals surface area contributed by atoms with Crippen molar-refractivity contribution in [3.05, 3.63) is 24.0 Å². The standard InChI is InChI=1S/C17H24N4/c18-13-6-7-14-15(11-13)20-17(19-14)8-10-21-9-2-4-12-3-1-5-16(12)21/h6-7,11-12,16H,1-5,8-10,18H2,(H,19,20). The highest BCUT2D eigenvalue weighted by molar-refractivity contribution is 5.78. The summed E-state index contributed by atoms with van der Waals surface area (Å²) in [5.74, 6) is 2.06. The summed E-state index contributed by atoms with van der Waals surface area (Å²) in [7, 11) is 0. The predicted octanol–water partition coefficient (Wildman–Crippen LogP) is 2.95. The predicted molar refractivity (Wildman–Crippen MR) is 86.1 cm³/mol. The molecule has 0 radical (unpaired) electrons. The van der Waals surface area contributed by atoms with E-state index in [0.717, 1.165) is 47.5 Å². The van der Waals surface area contributed by atoms with E-state index in [2.05, 4.69) is 14.9 Å². The summed E-state index contributed by atoms with van der Waals surface area (Å²) in [5, 5.41) is 0. The molecule has 2 unspecified atom stereocenters. The minimum absolute atomic E-state index is 0.794. The van der Waals surface area contributed by atoms with E-state index in [1.165, 1.54) is 38.6 Å².